The van der Waals surface area contributed by atoms with Gasteiger partial charge in [0.1, 0.15) is 18.1 Å². The van der Waals surface area contributed by atoms with Gasteiger partial charge in [0.2, 0.25) is 0 Å². The van der Waals surface area contributed by atoms with Crippen molar-refractivity contribution in [2.75, 3.05) is 20.7 Å². The van der Waals surface area contributed by atoms with Crippen LogP contribution >= 0.6 is 0 Å². The van der Waals surface area contributed by atoms with Crippen LogP contribution in [0.1, 0.15) is 11.5 Å². The van der Waals surface area contributed by atoms with E-state index in [4.69, 9.17) is 9.52 Å². The average Bonchev–Trinajstić information content (AvgIpc) is 2.65. The second-order valence-electron chi connectivity index (χ2n) is 3.27. The lowest BCUT2D eigenvalue weighted by Crippen LogP contribution is -2.26. The molecule has 0 unspecified atom stereocenters. The van der Waals surface area contributed by atoms with Gasteiger partial charge in [0.05, 0.1) is 20.2 Å². The number of carbonyl (C=O) groups is 1. The maximum absolute atomic E-state index is 10.9. The first-order chi connectivity index (χ1) is 7.15. The number of hydrogen-bond donors (Lipinski definition) is 1. The highest BCUT2D eigenvalue weighted by molar-refractivity contribution is 5.71. The molecular weight excluding hydrogens is 198 g/mol. The molecule has 5 heteroatoms. The first-order valence-electron chi connectivity index (χ1n) is 4.59. The highest BCUT2D eigenvalue weighted by Crippen LogP contribution is 2.09. The number of methoxy groups -OCH3 is 1. The molecule has 0 radical (unpaired) electrons. The summed E-state index contributed by atoms with van der Waals surface area (Å²) < 4.78 is 9.81. The van der Waals surface area contributed by atoms with Crippen molar-refractivity contribution in [2.24, 2.45) is 0 Å². The molecule has 0 aliphatic rings. The molecule has 1 aromatic heterocycles. The third-order valence-corrected chi connectivity index (χ3v) is 1.93. The van der Waals surface area contributed by atoms with Gasteiger partial charge in [-0.2, -0.15) is 0 Å². The van der Waals surface area contributed by atoms with Crippen molar-refractivity contribution in [1.82, 2.24) is 4.90 Å². The molecule has 0 spiro atoms. The molecule has 0 saturated heterocycles. The van der Waals surface area contributed by atoms with E-state index in [9.17, 15) is 4.79 Å². The largest absolute Gasteiger partial charge is 0.468 e. The van der Waals surface area contributed by atoms with Gasteiger partial charge in [-0.3, -0.25) is 9.69 Å². The van der Waals surface area contributed by atoms with E-state index in [2.05, 4.69) is 4.74 Å². The molecule has 5 nitrogen and oxygen atoms in total. The fourth-order valence-electron chi connectivity index (χ4n) is 1.20. The second kappa shape index (κ2) is 5.53. The minimum atomic E-state index is -0.286. The number of nitrogens with zero attached hydrogens (tertiary/aromatic N) is 1. The summed E-state index contributed by atoms with van der Waals surface area (Å²) in [6, 6.07) is 3.49. The Balaban J connectivity index is 2.43. The molecule has 15 heavy (non-hydrogen) atoms. The van der Waals surface area contributed by atoms with E-state index in [0.29, 0.717) is 18.1 Å². The predicted octanol–water partition coefficient (Wildman–Crippen LogP) is 0.377. The van der Waals surface area contributed by atoms with E-state index in [1.165, 1.54) is 7.11 Å². The van der Waals surface area contributed by atoms with E-state index >= 15 is 0 Å². The number of ether oxygens (including phenoxy) is 1. The van der Waals surface area contributed by atoms with Crippen molar-refractivity contribution in [1.29, 1.82) is 0 Å². The molecule has 1 heterocycles. The first-order valence-corrected chi connectivity index (χ1v) is 4.59. The van der Waals surface area contributed by atoms with Gasteiger partial charge in [0, 0.05) is 0 Å². The summed E-state index contributed by atoms with van der Waals surface area (Å²) in [5.41, 5.74) is 0. The third kappa shape index (κ3) is 3.73. The Morgan fingerprint density at radius 1 is 1.53 bits per heavy atom. The smallest absolute Gasteiger partial charge is 0.319 e. The SMILES string of the molecule is COC(=O)CN(C)Cc1ccc(CO)o1. The fourth-order valence-corrected chi connectivity index (χ4v) is 1.20. The Morgan fingerprint density at radius 3 is 2.73 bits per heavy atom. The Hall–Kier alpha value is -1.33. The van der Waals surface area contributed by atoms with Crippen LogP contribution in [-0.2, 0) is 22.7 Å². The Bertz CT molecular complexity index is 321. The van der Waals surface area contributed by atoms with E-state index in [1.807, 2.05) is 0 Å². The number of furan rings is 1. The molecule has 84 valence electrons. The molecule has 1 rings (SSSR count). The quantitative estimate of drug-likeness (QED) is 0.716. The number of aliphatic hydroxyl groups is 1. The Labute approximate surface area is 88.2 Å². The van der Waals surface area contributed by atoms with Crippen molar-refractivity contribution >= 4 is 5.97 Å². The average molecular weight is 213 g/mol. The molecule has 0 saturated carbocycles. The standard InChI is InChI=1S/C10H15NO4/c1-11(6-10(13)14-2)5-8-3-4-9(7-12)15-8/h3-4,12H,5-7H2,1-2H3. The van der Waals surface area contributed by atoms with Crippen molar-refractivity contribution < 1.29 is 19.1 Å². The number of esters is 1. The van der Waals surface area contributed by atoms with Crippen LogP contribution in [-0.4, -0.2) is 36.7 Å². The fraction of sp³-hybridized carbons (Fsp3) is 0.500. The maximum atomic E-state index is 10.9. The van der Waals surface area contributed by atoms with E-state index in [0.717, 1.165) is 0 Å². The zero-order valence-electron chi connectivity index (χ0n) is 8.90. The van der Waals surface area contributed by atoms with Crippen molar-refractivity contribution in [3.8, 4) is 0 Å². The number of likely N-dealkylation sites (N-methyl/N-ethyl adjacent to an activating group) is 1. The second-order valence-corrected chi connectivity index (χ2v) is 3.27. The monoisotopic (exact) mass is 213 g/mol. The summed E-state index contributed by atoms with van der Waals surface area (Å²) in [4.78, 5) is 12.7. The molecule has 0 amide bonds. The number of carbonyl (C=O) groups excluding carboxylic acids is 1. The third-order valence-electron chi connectivity index (χ3n) is 1.93. The zero-order chi connectivity index (χ0) is 11.3. The van der Waals surface area contributed by atoms with Crippen molar-refractivity contribution in [2.45, 2.75) is 13.2 Å². The lowest BCUT2D eigenvalue weighted by atomic mass is 10.4. The lowest BCUT2D eigenvalue weighted by molar-refractivity contribution is -0.141. The van der Waals surface area contributed by atoms with Crippen LogP contribution in [0.3, 0.4) is 0 Å². The number of rotatable bonds is 5. The van der Waals surface area contributed by atoms with Crippen LogP contribution in [0, 0.1) is 0 Å². The zero-order valence-corrected chi connectivity index (χ0v) is 8.90. The molecule has 0 aromatic carbocycles. The predicted molar refractivity (Wildman–Crippen MR) is 53.0 cm³/mol. The van der Waals surface area contributed by atoms with Gasteiger partial charge < -0.3 is 14.3 Å². The molecule has 0 aliphatic heterocycles. The molecule has 0 fully saturated rings. The van der Waals surface area contributed by atoms with Gasteiger partial charge in [0.25, 0.3) is 0 Å². The van der Waals surface area contributed by atoms with Gasteiger partial charge in [-0.25, -0.2) is 0 Å². The van der Waals surface area contributed by atoms with E-state index in [-0.39, 0.29) is 19.1 Å². The molecule has 0 bridgehead atoms. The van der Waals surface area contributed by atoms with Crippen molar-refractivity contribution in [3.63, 3.8) is 0 Å². The number of hydrogen-bond acceptors (Lipinski definition) is 5. The van der Waals surface area contributed by atoms with Crippen LogP contribution in [0.2, 0.25) is 0 Å². The van der Waals surface area contributed by atoms with Crippen LogP contribution in [0.5, 0.6) is 0 Å². The lowest BCUT2D eigenvalue weighted by Gasteiger charge is -2.12. The number of aliphatic hydroxyl groups excluding tert-OH is 1. The molecule has 1 aromatic rings. The van der Waals surface area contributed by atoms with Crippen LogP contribution in [0.25, 0.3) is 0 Å². The summed E-state index contributed by atoms with van der Waals surface area (Å²) in [5, 5.41) is 8.79. The highest BCUT2D eigenvalue weighted by Gasteiger charge is 2.09. The van der Waals surface area contributed by atoms with Gasteiger partial charge in [-0.15, -0.1) is 0 Å². The topological polar surface area (TPSA) is 62.9 Å². The van der Waals surface area contributed by atoms with E-state index < -0.39 is 0 Å². The molecule has 0 atom stereocenters. The van der Waals surface area contributed by atoms with E-state index in [1.54, 1.807) is 24.1 Å². The van der Waals surface area contributed by atoms with Crippen LogP contribution in [0.4, 0.5) is 0 Å². The summed E-state index contributed by atoms with van der Waals surface area (Å²) in [6.07, 6.45) is 0. The van der Waals surface area contributed by atoms with Crippen LogP contribution in [0.15, 0.2) is 16.5 Å². The van der Waals surface area contributed by atoms with Crippen molar-refractivity contribution in [3.05, 3.63) is 23.7 Å². The summed E-state index contributed by atoms with van der Waals surface area (Å²) in [5.74, 6) is 0.952. The first kappa shape index (κ1) is 11.7. The van der Waals surface area contributed by atoms with Gasteiger partial charge in [0.15, 0.2) is 0 Å². The highest BCUT2D eigenvalue weighted by atomic mass is 16.5. The Kier molecular flexibility index (Phi) is 4.33. The summed E-state index contributed by atoms with van der Waals surface area (Å²) >= 11 is 0. The minimum absolute atomic E-state index is 0.110. The molecular formula is C10H15NO4. The minimum Gasteiger partial charge on any atom is -0.468 e. The summed E-state index contributed by atoms with van der Waals surface area (Å²) in [7, 11) is 3.14. The maximum Gasteiger partial charge on any atom is 0.319 e. The molecule has 1 N–H and O–H groups in total. The van der Waals surface area contributed by atoms with Crippen LogP contribution < -0.4 is 0 Å². The molecule has 0 aliphatic carbocycles. The summed E-state index contributed by atoms with van der Waals surface area (Å²) in [6.45, 7) is 0.613. The van der Waals surface area contributed by atoms with Gasteiger partial charge in [-0.1, -0.05) is 0 Å². The normalized spacial score (nSPS) is 10.7. The Morgan fingerprint density at radius 2 is 2.20 bits per heavy atom. The van der Waals surface area contributed by atoms with Gasteiger partial charge in [-0.05, 0) is 19.2 Å². The van der Waals surface area contributed by atoms with Gasteiger partial charge >= 0.3 is 5.97 Å².